The van der Waals surface area contributed by atoms with Crippen molar-refractivity contribution in [2.75, 3.05) is 0 Å². The number of benzene rings is 3. The zero-order valence-electron chi connectivity index (χ0n) is 23.1. The van der Waals surface area contributed by atoms with Crippen molar-refractivity contribution in [2.45, 2.75) is 45.4 Å². The van der Waals surface area contributed by atoms with E-state index >= 15 is 0 Å². The van der Waals surface area contributed by atoms with Crippen molar-refractivity contribution in [3.8, 4) is 33.6 Å². The molecule has 40 heavy (non-hydrogen) atoms. The number of aromatic nitrogens is 2. The maximum absolute atomic E-state index is 12.8. The standard InChI is InChI=1S/C24H24N.C11H6F2N.Ir/c1-23(2,3)16-13-14-25-21(15-16)19-11-8-10-18-17-9-6-7-12-20(17)24(4,5)22(18)19;12-9-3-1-2-8(6-9)11-7-10(13)4-5-14-11;/h6-10,12-15H,1-5H3;1,3-7H;/q2*-1;. The van der Waals surface area contributed by atoms with Gasteiger partial charge in [-0.1, -0.05) is 70.5 Å². The summed E-state index contributed by atoms with van der Waals surface area (Å²) in [4.78, 5) is 8.61. The van der Waals surface area contributed by atoms with Gasteiger partial charge in [0.25, 0.3) is 0 Å². The third kappa shape index (κ3) is 5.82. The van der Waals surface area contributed by atoms with Crippen molar-refractivity contribution in [3.63, 3.8) is 0 Å². The molecule has 205 valence electrons. The van der Waals surface area contributed by atoms with Crippen LogP contribution < -0.4 is 0 Å². The van der Waals surface area contributed by atoms with Crippen LogP contribution in [0.1, 0.15) is 51.3 Å². The number of fused-ring (bicyclic) bond motifs is 3. The largest absolute Gasteiger partial charge is 0.305 e. The van der Waals surface area contributed by atoms with Crippen LogP contribution in [0.3, 0.4) is 0 Å². The first kappa shape index (κ1) is 29.5. The van der Waals surface area contributed by atoms with Gasteiger partial charge in [0.1, 0.15) is 5.82 Å². The Morgan fingerprint density at radius 3 is 2.12 bits per heavy atom. The van der Waals surface area contributed by atoms with Crippen LogP contribution in [0.5, 0.6) is 0 Å². The van der Waals surface area contributed by atoms with E-state index < -0.39 is 5.82 Å². The number of halogens is 2. The summed E-state index contributed by atoms with van der Waals surface area (Å²) in [6, 6.07) is 30.1. The third-order valence-corrected chi connectivity index (χ3v) is 7.16. The normalized spacial score (nSPS) is 12.9. The zero-order valence-corrected chi connectivity index (χ0v) is 25.5. The monoisotopic (exact) mass is 709 g/mol. The molecule has 6 rings (SSSR count). The first-order valence-corrected chi connectivity index (χ1v) is 13.0. The molecule has 0 unspecified atom stereocenters. The molecule has 0 saturated carbocycles. The molecular weight excluding hydrogens is 679 g/mol. The predicted molar refractivity (Wildman–Crippen MR) is 153 cm³/mol. The molecule has 0 spiro atoms. The van der Waals surface area contributed by atoms with Gasteiger partial charge in [0.15, 0.2) is 0 Å². The number of pyridine rings is 2. The average molecular weight is 709 g/mol. The second kappa shape index (κ2) is 11.5. The Bertz CT molecular complexity index is 1610. The van der Waals surface area contributed by atoms with Crippen molar-refractivity contribution in [1.82, 2.24) is 9.97 Å². The molecule has 1 radical (unpaired) electrons. The van der Waals surface area contributed by atoms with Gasteiger partial charge in [0, 0.05) is 38.3 Å². The molecule has 0 aliphatic heterocycles. The fourth-order valence-corrected chi connectivity index (χ4v) is 5.14. The van der Waals surface area contributed by atoms with Crippen molar-refractivity contribution < 1.29 is 28.9 Å². The molecule has 0 amide bonds. The van der Waals surface area contributed by atoms with E-state index in [9.17, 15) is 8.78 Å². The van der Waals surface area contributed by atoms with Gasteiger partial charge >= 0.3 is 0 Å². The van der Waals surface area contributed by atoms with E-state index in [1.54, 1.807) is 0 Å². The van der Waals surface area contributed by atoms with Gasteiger partial charge in [-0.15, -0.1) is 59.2 Å². The number of rotatable bonds is 2. The van der Waals surface area contributed by atoms with Crippen LogP contribution in [0.25, 0.3) is 33.6 Å². The molecule has 0 atom stereocenters. The van der Waals surface area contributed by atoms with Crippen LogP contribution in [-0.4, -0.2) is 9.97 Å². The van der Waals surface area contributed by atoms with Crippen molar-refractivity contribution in [2.24, 2.45) is 0 Å². The third-order valence-electron chi connectivity index (χ3n) is 7.16. The number of hydrogen-bond donors (Lipinski definition) is 0. The van der Waals surface area contributed by atoms with Crippen LogP contribution in [-0.2, 0) is 30.9 Å². The maximum Gasteiger partial charge on any atom is 0.117 e. The van der Waals surface area contributed by atoms with Crippen LogP contribution in [0.4, 0.5) is 8.78 Å². The average Bonchev–Trinajstić information content (AvgIpc) is 3.16. The molecule has 3 aromatic carbocycles. The Hall–Kier alpha value is -3.53. The molecule has 0 fully saturated rings. The van der Waals surface area contributed by atoms with Gasteiger partial charge in [0.2, 0.25) is 0 Å². The minimum absolute atomic E-state index is 0. The molecular formula is C35H30F2IrN2-2. The molecule has 5 heteroatoms. The Morgan fingerprint density at radius 2 is 1.40 bits per heavy atom. The smallest absolute Gasteiger partial charge is 0.117 e. The minimum Gasteiger partial charge on any atom is -0.305 e. The van der Waals surface area contributed by atoms with Gasteiger partial charge in [0.05, 0.1) is 0 Å². The van der Waals surface area contributed by atoms with Crippen LogP contribution >= 0.6 is 0 Å². The second-order valence-electron chi connectivity index (χ2n) is 11.3. The molecule has 2 aromatic heterocycles. The summed E-state index contributed by atoms with van der Waals surface area (Å²) in [5.74, 6) is -0.780. The van der Waals surface area contributed by atoms with Crippen molar-refractivity contribution >= 4 is 0 Å². The number of hydrogen-bond acceptors (Lipinski definition) is 2. The van der Waals surface area contributed by atoms with Gasteiger partial charge < -0.3 is 9.97 Å². The molecule has 2 nitrogen and oxygen atoms in total. The Labute approximate surface area is 248 Å². The summed E-state index contributed by atoms with van der Waals surface area (Å²) < 4.78 is 25.6. The minimum atomic E-state index is -0.396. The van der Waals surface area contributed by atoms with E-state index in [1.807, 2.05) is 12.3 Å². The van der Waals surface area contributed by atoms with E-state index in [4.69, 9.17) is 4.98 Å². The summed E-state index contributed by atoms with van der Waals surface area (Å²) in [5, 5.41) is 0. The fraction of sp³-hybridized carbons (Fsp3) is 0.200. The topological polar surface area (TPSA) is 25.8 Å². The van der Waals surface area contributed by atoms with Gasteiger partial charge in [-0.25, -0.2) is 8.78 Å². The molecule has 1 aliphatic carbocycles. The van der Waals surface area contributed by atoms with Gasteiger partial charge in [-0.2, -0.15) is 0 Å². The molecule has 2 heterocycles. The maximum atomic E-state index is 12.8. The first-order valence-electron chi connectivity index (χ1n) is 13.0. The van der Waals surface area contributed by atoms with Crippen molar-refractivity contribution in [1.29, 1.82) is 0 Å². The Kier molecular flexibility index (Phi) is 8.49. The summed E-state index contributed by atoms with van der Waals surface area (Å²) >= 11 is 0. The SMILES string of the molecule is CC(C)(C)c1ccnc(-c2[c-]ccc3c2C(C)(C)c2ccccc2-3)c1.Fc1cc[c-]c(-c2cc(F)ccn2)c1.[Ir]. The van der Waals surface area contributed by atoms with E-state index in [-0.39, 0.29) is 36.8 Å². The first-order chi connectivity index (χ1) is 18.6. The van der Waals surface area contributed by atoms with E-state index in [0.717, 1.165) is 11.3 Å². The fourth-order valence-electron chi connectivity index (χ4n) is 5.14. The summed E-state index contributed by atoms with van der Waals surface area (Å²) in [6.07, 6.45) is 3.27. The number of nitrogens with zero attached hydrogens (tertiary/aromatic N) is 2. The van der Waals surface area contributed by atoms with Gasteiger partial charge in [-0.3, -0.25) is 0 Å². The summed E-state index contributed by atoms with van der Waals surface area (Å²) in [7, 11) is 0. The zero-order chi connectivity index (χ0) is 27.8. The Morgan fingerprint density at radius 1 is 0.725 bits per heavy atom. The molecule has 0 bridgehead atoms. The van der Waals surface area contributed by atoms with E-state index in [1.165, 1.54) is 64.3 Å². The van der Waals surface area contributed by atoms with E-state index in [2.05, 4.69) is 94.2 Å². The van der Waals surface area contributed by atoms with Crippen LogP contribution in [0.15, 0.2) is 91.3 Å². The van der Waals surface area contributed by atoms with Gasteiger partial charge in [-0.05, 0) is 57.1 Å². The molecule has 0 saturated heterocycles. The van der Waals surface area contributed by atoms with Crippen LogP contribution in [0, 0.1) is 23.8 Å². The van der Waals surface area contributed by atoms with Crippen molar-refractivity contribution in [3.05, 3.63) is 132 Å². The summed E-state index contributed by atoms with van der Waals surface area (Å²) in [5.41, 5.74) is 9.72. The van der Waals surface area contributed by atoms with Crippen LogP contribution in [0.2, 0.25) is 0 Å². The molecule has 0 N–H and O–H groups in total. The molecule has 1 aliphatic rings. The summed E-state index contributed by atoms with van der Waals surface area (Å²) in [6.45, 7) is 11.3. The quantitative estimate of drug-likeness (QED) is 0.171. The molecule has 5 aromatic rings. The predicted octanol–water partition coefficient (Wildman–Crippen LogP) is 8.98. The Balaban J connectivity index is 0.000000210. The van der Waals surface area contributed by atoms with E-state index in [0.29, 0.717) is 11.3 Å². The second-order valence-corrected chi connectivity index (χ2v) is 11.3.